The van der Waals surface area contributed by atoms with Crippen LogP contribution in [0.2, 0.25) is 0 Å². The first-order chi connectivity index (χ1) is 8.54. The summed E-state index contributed by atoms with van der Waals surface area (Å²) in [5.41, 5.74) is 7.83. The fourth-order valence-corrected chi connectivity index (χ4v) is 3.64. The van der Waals surface area contributed by atoms with E-state index in [-0.39, 0.29) is 11.9 Å². The van der Waals surface area contributed by atoms with Crippen molar-refractivity contribution in [3.8, 4) is 0 Å². The lowest BCUT2D eigenvalue weighted by molar-refractivity contribution is 0.0747. The predicted molar refractivity (Wildman–Crippen MR) is 76.1 cm³/mol. The summed E-state index contributed by atoms with van der Waals surface area (Å²) >= 11 is 1.74. The van der Waals surface area contributed by atoms with Gasteiger partial charge in [-0.3, -0.25) is 4.79 Å². The molecule has 0 aromatic carbocycles. The second-order valence-electron chi connectivity index (χ2n) is 5.40. The van der Waals surface area contributed by atoms with E-state index in [1.165, 1.54) is 16.9 Å². The topological polar surface area (TPSA) is 46.3 Å². The molecule has 2 N–H and O–H groups in total. The van der Waals surface area contributed by atoms with Crippen LogP contribution in [0.15, 0.2) is 5.38 Å². The van der Waals surface area contributed by atoms with Gasteiger partial charge in [-0.2, -0.15) is 0 Å². The molecule has 0 aliphatic heterocycles. The van der Waals surface area contributed by atoms with Gasteiger partial charge >= 0.3 is 0 Å². The summed E-state index contributed by atoms with van der Waals surface area (Å²) in [6.07, 6.45) is 3.37. The van der Waals surface area contributed by atoms with Gasteiger partial charge in [-0.25, -0.2) is 0 Å². The third kappa shape index (κ3) is 2.45. The van der Waals surface area contributed by atoms with Crippen molar-refractivity contribution >= 4 is 17.2 Å². The Morgan fingerprint density at radius 2 is 2.39 bits per heavy atom. The SMILES string of the molecule is CC1CCc2c(C(=O)N(C)C(C)CN)csc2C1. The number of likely N-dealkylation sites (N-methyl/N-ethyl adjacent to an activating group) is 1. The molecular formula is C14H22N2OS. The zero-order valence-electron chi connectivity index (χ0n) is 11.4. The number of amides is 1. The zero-order chi connectivity index (χ0) is 13.3. The Hall–Kier alpha value is -0.870. The summed E-state index contributed by atoms with van der Waals surface area (Å²) in [6.45, 7) is 4.77. The maximum Gasteiger partial charge on any atom is 0.255 e. The highest BCUT2D eigenvalue weighted by Crippen LogP contribution is 2.33. The van der Waals surface area contributed by atoms with Gasteiger partial charge in [0.1, 0.15) is 0 Å². The average molecular weight is 266 g/mol. The first kappa shape index (κ1) is 13.6. The van der Waals surface area contributed by atoms with Gasteiger partial charge in [-0.15, -0.1) is 11.3 Å². The normalized spacial score (nSPS) is 20.3. The van der Waals surface area contributed by atoms with Crippen LogP contribution in [0, 0.1) is 5.92 Å². The Balaban J connectivity index is 2.22. The molecule has 1 amide bonds. The summed E-state index contributed by atoms with van der Waals surface area (Å²) in [4.78, 5) is 15.6. The van der Waals surface area contributed by atoms with Crippen molar-refractivity contribution in [1.82, 2.24) is 4.90 Å². The van der Waals surface area contributed by atoms with Crippen molar-refractivity contribution in [3.05, 3.63) is 21.4 Å². The summed E-state index contributed by atoms with van der Waals surface area (Å²) in [6, 6.07) is 0.0931. The summed E-state index contributed by atoms with van der Waals surface area (Å²) in [5, 5.41) is 2.03. The Labute approximate surface area is 113 Å². The Morgan fingerprint density at radius 3 is 3.06 bits per heavy atom. The lowest BCUT2D eigenvalue weighted by Crippen LogP contribution is -2.40. The number of hydrogen-bond acceptors (Lipinski definition) is 3. The molecule has 0 radical (unpaired) electrons. The van der Waals surface area contributed by atoms with Crippen molar-refractivity contribution in [2.24, 2.45) is 11.7 Å². The smallest absolute Gasteiger partial charge is 0.255 e. The third-order valence-electron chi connectivity index (χ3n) is 3.95. The highest BCUT2D eigenvalue weighted by Gasteiger charge is 2.25. The van der Waals surface area contributed by atoms with E-state index in [1.807, 2.05) is 19.4 Å². The highest BCUT2D eigenvalue weighted by molar-refractivity contribution is 7.10. The second kappa shape index (κ2) is 5.41. The van der Waals surface area contributed by atoms with Crippen molar-refractivity contribution in [3.63, 3.8) is 0 Å². The Morgan fingerprint density at radius 1 is 1.67 bits per heavy atom. The number of rotatable bonds is 3. The summed E-state index contributed by atoms with van der Waals surface area (Å²) in [5.74, 6) is 0.875. The van der Waals surface area contributed by atoms with Gasteiger partial charge in [0.25, 0.3) is 5.91 Å². The number of nitrogens with two attached hydrogens (primary N) is 1. The molecule has 4 heteroatoms. The molecular weight excluding hydrogens is 244 g/mol. The molecule has 0 spiro atoms. The minimum Gasteiger partial charge on any atom is -0.338 e. The fraction of sp³-hybridized carbons (Fsp3) is 0.643. The number of hydrogen-bond donors (Lipinski definition) is 1. The van der Waals surface area contributed by atoms with Crippen LogP contribution in [-0.2, 0) is 12.8 Å². The standard InChI is InChI=1S/C14H22N2OS/c1-9-4-5-11-12(8-18-13(11)6-9)14(17)16(3)10(2)7-15/h8-10H,4-7,15H2,1-3H3. The number of fused-ring (bicyclic) bond motifs is 1. The lowest BCUT2D eigenvalue weighted by Gasteiger charge is -2.25. The van der Waals surface area contributed by atoms with Crippen LogP contribution in [0.25, 0.3) is 0 Å². The Bertz CT molecular complexity index is 441. The van der Waals surface area contributed by atoms with E-state index in [4.69, 9.17) is 5.73 Å². The van der Waals surface area contributed by atoms with Crippen LogP contribution in [0.1, 0.15) is 41.1 Å². The molecule has 0 saturated heterocycles. The van der Waals surface area contributed by atoms with E-state index in [2.05, 4.69) is 6.92 Å². The molecule has 2 unspecified atom stereocenters. The van der Waals surface area contributed by atoms with Crippen LogP contribution in [0.4, 0.5) is 0 Å². The van der Waals surface area contributed by atoms with Gasteiger partial charge in [0.2, 0.25) is 0 Å². The minimum absolute atomic E-state index is 0.0931. The van der Waals surface area contributed by atoms with Gasteiger partial charge in [-0.05, 0) is 37.7 Å². The van der Waals surface area contributed by atoms with E-state index in [1.54, 1.807) is 16.2 Å². The zero-order valence-corrected chi connectivity index (χ0v) is 12.2. The molecule has 1 aliphatic rings. The molecule has 1 aliphatic carbocycles. The molecule has 2 atom stereocenters. The van der Waals surface area contributed by atoms with E-state index in [0.29, 0.717) is 6.54 Å². The first-order valence-corrected chi connectivity index (χ1v) is 7.49. The van der Waals surface area contributed by atoms with Gasteiger partial charge in [0, 0.05) is 29.9 Å². The van der Waals surface area contributed by atoms with Crippen LogP contribution in [0.5, 0.6) is 0 Å². The molecule has 18 heavy (non-hydrogen) atoms. The van der Waals surface area contributed by atoms with Crippen LogP contribution >= 0.6 is 11.3 Å². The maximum absolute atomic E-state index is 12.4. The van der Waals surface area contributed by atoms with Crippen molar-refractivity contribution in [2.45, 2.75) is 39.2 Å². The minimum atomic E-state index is 0.0931. The maximum atomic E-state index is 12.4. The van der Waals surface area contributed by atoms with Crippen molar-refractivity contribution < 1.29 is 4.79 Å². The second-order valence-corrected chi connectivity index (χ2v) is 6.36. The molecule has 0 fully saturated rings. The van der Waals surface area contributed by atoms with E-state index >= 15 is 0 Å². The molecule has 2 rings (SSSR count). The molecule has 0 bridgehead atoms. The van der Waals surface area contributed by atoms with Crippen molar-refractivity contribution in [2.75, 3.05) is 13.6 Å². The molecule has 3 nitrogen and oxygen atoms in total. The van der Waals surface area contributed by atoms with Gasteiger partial charge < -0.3 is 10.6 Å². The van der Waals surface area contributed by atoms with E-state index < -0.39 is 0 Å². The number of thiophene rings is 1. The molecule has 1 heterocycles. The van der Waals surface area contributed by atoms with Gasteiger partial charge in [-0.1, -0.05) is 6.92 Å². The quantitative estimate of drug-likeness (QED) is 0.912. The van der Waals surface area contributed by atoms with Gasteiger partial charge in [0.15, 0.2) is 0 Å². The monoisotopic (exact) mass is 266 g/mol. The van der Waals surface area contributed by atoms with E-state index in [0.717, 1.165) is 24.3 Å². The van der Waals surface area contributed by atoms with E-state index in [9.17, 15) is 4.79 Å². The Kier molecular flexibility index (Phi) is 4.07. The first-order valence-electron chi connectivity index (χ1n) is 6.61. The third-order valence-corrected chi connectivity index (χ3v) is 5.01. The number of nitrogens with zero attached hydrogens (tertiary/aromatic N) is 1. The molecule has 0 saturated carbocycles. The van der Waals surface area contributed by atoms with Crippen LogP contribution < -0.4 is 5.73 Å². The lowest BCUT2D eigenvalue weighted by atomic mass is 9.88. The van der Waals surface area contributed by atoms with Crippen LogP contribution in [0.3, 0.4) is 0 Å². The number of carbonyl (C=O) groups is 1. The largest absolute Gasteiger partial charge is 0.338 e. The summed E-state index contributed by atoms with van der Waals surface area (Å²) < 4.78 is 0. The highest BCUT2D eigenvalue weighted by atomic mass is 32.1. The van der Waals surface area contributed by atoms with Crippen molar-refractivity contribution in [1.29, 1.82) is 0 Å². The molecule has 100 valence electrons. The predicted octanol–water partition coefficient (Wildman–Crippen LogP) is 2.29. The average Bonchev–Trinajstić information content (AvgIpc) is 2.78. The van der Waals surface area contributed by atoms with Gasteiger partial charge in [0.05, 0.1) is 5.56 Å². The fourth-order valence-electron chi connectivity index (χ4n) is 2.40. The summed E-state index contributed by atoms with van der Waals surface area (Å²) in [7, 11) is 1.84. The molecule has 1 aromatic heterocycles. The van der Waals surface area contributed by atoms with Crippen LogP contribution in [-0.4, -0.2) is 30.4 Å². The number of carbonyl (C=O) groups excluding carboxylic acids is 1. The molecule has 1 aromatic rings.